The van der Waals surface area contributed by atoms with E-state index in [2.05, 4.69) is 0 Å². The van der Waals surface area contributed by atoms with Crippen LogP contribution in [0.3, 0.4) is 0 Å². The molecule has 1 amide bonds. The van der Waals surface area contributed by atoms with E-state index >= 15 is 0 Å². The first kappa shape index (κ1) is 21.1. The molecule has 4 atom stereocenters. The molecule has 1 aromatic carbocycles. The van der Waals surface area contributed by atoms with Crippen molar-refractivity contribution in [2.75, 3.05) is 13.7 Å². The average molecular weight is 445 g/mol. The lowest BCUT2D eigenvalue weighted by Gasteiger charge is -2.30. The van der Waals surface area contributed by atoms with E-state index in [-0.39, 0.29) is 25.2 Å². The van der Waals surface area contributed by atoms with Gasteiger partial charge in [-0.15, -0.1) is 0 Å². The van der Waals surface area contributed by atoms with Crippen LogP contribution in [0, 0.1) is 5.82 Å². The quantitative estimate of drug-likeness (QED) is 0.504. The molecule has 162 valence electrons. The molecule has 1 unspecified atom stereocenters. The molecule has 4 rings (SSSR count). The fraction of sp³-hybridized carbons (Fsp3) is 0.444. The summed E-state index contributed by atoms with van der Waals surface area (Å²) in [6, 6.07) is 4.02. The number of ether oxygens (including phenoxy) is 2. The second kappa shape index (κ2) is 8.16. The largest absolute Gasteiger partial charge is 0.497 e. The lowest BCUT2D eigenvalue weighted by atomic mass is 10.1. The number of halogens is 2. The number of fused-ring (bicyclic) bond motifs is 1. The van der Waals surface area contributed by atoms with E-state index in [4.69, 9.17) is 23.0 Å². The molecule has 0 saturated carbocycles. The number of phosphoric acid groups is 1. The van der Waals surface area contributed by atoms with Crippen LogP contribution >= 0.6 is 7.82 Å². The number of phosphoric ester groups is 1. The number of amides is 1. The molecular weight excluding hydrogens is 427 g/mol. The topological polar surface area (TPSA) is 101 Å². The summed E-state index contributed by atoms with van der Waals surface area (Å²) in [7, 11) is -2.61. The Bertz CT molecular complexity index is 954. The van der Waals surface area contributed by atoms with Crippen LogP contribution in [0.5, 0.6) is 5.75 Å². The normalized spacial score (nSPS) is 31.5. The van der Waals surface area contributed by atoms with E-state index < -0.39 is 56.0 Å². The first-order valence-corrected chi connectivity index (χ1v) is 10.5. The third-order valence-corrected chi connectivity index (χ3v) is 6.34. The number of Topliss-reactive ketones (excluding diaryl/α,β-unsaturated/α-hetero) is 1. The first-order valence-electron chi connectivity index (χ1n) is 9.05. The Morgan fingerprint density at radius 3 is 2.83 bits per heavy atom. The molecule has 0 bridgehead atoms. The molecule has 0 aromatic heterocycles. The zero-order valence-electron chi connectivity index (χ0n) is 15.8. The number of rotatable bonds is 5. The van der Waals surface area contributed by atoms with Crippen LogP contribution in [0.4, 0.5) is 8.78 Å². The second-order valence-corrected chi connectivity index (χ2v) is 8.48. The molecule has 3 aliphatic heterocycles. The van der Waals surface area contributed by atoms with E-state index in [1.165, 1.54) is 25.3 Å². The summed E-state index contributed by atoms with van der Waals surface area (Å²) < 4.78 is 66.8. The van der Waals surface area contributed by atoms with Crippen molar-refractivity contribution in [3.05, 3.63) is 41.6 Å². The van der Waals surface area contributed by atoms with Gasteiger partial charge in [0.1, 0.15) is 30.0 Å². The van der Waals surface area contributed by atoms with Crippen LogP contribution in [0.2, 0.25) is 0 Å². The molecule has 0 radical (unpaired) electrons. The number of allylic oxidation sites excluding steroid dienone is 1. The highest BCUT2D eigenvalue weighted by Crippen LogP contribution is 2.56. The van der Waals surface area contributed by atoms with Crippen molar-refractivity contribution in [1.29, 1.82) is 0 Å². The minimum absolute atomic E-state index is 0.0681. The summed E-state index contributed by atoms with van der Waals surface area (Å²) in [5, 5.41) is 0. The molecule has 0 spiro atoms. The maximum Gasteiger partial charge on any atom is 0.475 e. The van der Waals surface area contributed by atoms with E-state index in [1.54, 1.807) is 0 Å². The standard InChI is InChI=1S/C18H18F2NO8P/c1-25-11-2-3-12(19)10(4-11)8-26-30(24)27-9-16-15(29-30)6-18(28-16)21-7-13(20)14(22)5-17(21)23/h2-4,7,15-16,18H,5-6,8-9H2,1H3/t15-,16+,18+,30?/m0/s1. The Morgan fingerprint density at radius 1 is 1.27 bits per heavy atom. The molecule has 2 saturated heterocycles. The van der Waals surface area contributed by atoms with Crippen molar-refractivity contribution in [2.45, 2.75) is 37.9 Å². The van der Waals surface area contributed by atoms with E-state index in [1.807, 2.05) is 0 Å². The van der Waals surface area contributed by atoms with Crippen molar-refractivity contribution in [3.63, 3.8) is 0 Å². The molecule has 0 aliphatic carbocycles. The van der Waals surface area contributed by atoms with Crippen LogP contribution in [0.15, 0.2) is 30.2 Å². The molecular formula is C18H18F2NO8P. The number of hydrogen-bond acceptors (Lipinski definition) is 8. The number of ketones is 1. The summed E-state index contributed by atoms with van der Waals surface area (Å²) in [5.74, 6) is -2.73. The van der Waals surface area contributed by atoms with Crippen LogP contribution < -0.4 is 4.74 Å². The van der Waals surface area contributed by atoms with Gasteiger partial charge in [-0.1, -0.05) is 0 Å². The SMILES string of the molecule is COc1ccc(F)c(COP2(=O)OC[C@H]3O[C@@H](N4C=C(F)C(=O)CC4=O)C[C@@H]3O2)c1. The highest BCUT2D eigenvalue weighted by atomic mass is 31.2. The summed E-state index contributed by atoms with van der Waals surface area (Å²) >= 11 is 0. The Kier molecular flexibility index (Phi) is 5.73. The molecule has 3 aliphatic rings. The van der Waals surface area contributed by atoms with Crippen molar-refractivity contribution >= 4 is 19.5 Å². The smallest absolute Gasteiger partial charge is 0.475 e. The van der Waals surface area contributed by atoms with Gasteiger partial charge in [-0.3, -0.25) is 28.1 Å². The van der Waals surface area contributed by atoms with Crippen molar-refractivity contribution in [2.24, 2.45) is 0 Å². The number of carbonyl (C=O) groups is 2. The van der Waals surface area contributed by atoms with E-state index in [0.717, 1.165) is 11.1 Å². The molecule has 1 aromatic rings. The molecule has 2 fully saturated rings. The maximum atomic E-state index is 13.9. The van der Waals surface area contributed by atoms with Crippen molar-refractivity contribution in [3.8, 4) is 5.75 Å². The summed E-state index contributed by atoms with van der Waals surface area (Å²) in [6.45, 7) is -0.547. The number of carbonyl (C=O) groups excluding carboxylic acids is 2. The summed E-state index contributed by atoms with van der Waals surface area (Å²) in [6.07, 6.45) is -2.07. The first-order chi connectivity index (χ1) is 14.3. The molecule has 9 nitrogen and oxygen atoms in total. The maximum absolute atomic E-state index is 13.9. The molecule has 3 heterocycles. The minimum atomic E-state index is -4.03. The van der Waals surface area contributed by atoms with Gasteiger partial charge >= 0.3 is 7.82 Å². The van der Waals surface area contributed by atoms with Crippen molar-refractivity contribution < 1.29 is 46.0 Å². The monoisotopic (exact) mass is 445 g/mol. The zero-order valence-corrected chi connectivity index (χ0v) is 16.7. The molecule has 12 heteroatoms. The molecule has 0 N–H and O–H groups in total. The summed E-state index contributed by atoms with van der Waals surface area (Å²) in [5.41, 5.74) is 0.101. The number of nitrogens with zero attached hydrogens (tertiary/aromatic N) is 1. The molecule has 30 heavy (non-hydrogen) atoms. The summed E-state index contributed by atoms with van der Waals surface area (Å²) in [4.78, 5) is 24.3. The van der Waals surface area contributed by atoms with Gasteiger partial charge in [-0.25, -0.2) is 13.3 Å². The number of hydrogen-bond donors (Lipinski definition) is 0. The van der Waals surface area contributed by atoms with Gasteiger partial charge in [0.2, 0.25) is 11.7 Å². The van der Waals surface area contributed by atoms with E-state index in [9.17, 15) is 22.9 Å². The van der Waals surface area contributed by atoms with Crippen LogP contribution in [-0.2, 0) is 39.1 Å². The predicted molar refractivity (Wildman–Crippen MR) is 95.1 cm³/mol. The Balaban J connectivity index is 1.40. The average Bonchev–Trinajstić information content (AvgIpc) is 3.12. The van der Waals surface area contributed by atoms with E-state index in [0.29, 0.717) is 5.75 Å². The van der Waals surface area contributed by atoms with Gasteiger partial charge in [0.25, 0.3) is 0 Å². The lowest BCUT2D eigenvalue weighted by Crippen LogP contribution is -2.40. The third kappa shape index (κ3) is 4.17. The Labute approximate surface area is 170 Å². The Hall–Kier alpha value is -2.17. The highest BCUT2D eigenvalue weighted by molar-refractivity contribution is 7.48. The van der Waals surface area contributed by atoms with Crippen LogP contribution in [0.25, 0.3) is 0 Å². The van der Waals surface area contributed by atoms with Gasteiger partial charge in [-0.05, 0) is 18.2 Å². The highest BCUT2D eigenvalue weighted by Gasteiger charge is 2.49. The number of benzene rings is 1. The zero-order chi connectivity index (χ0) is 21.5. The Morgan fingerprint density at radius 2 is 2.07 bits per heavy atom. The van der Waals surface area contributed by atoms with Crippen LogP contribution in [-0.4, -0.2) is 48.7 Å². The predicted octanol–water partition coefficient (Wildman–Crippen LogP) is 2.60. The van der Waals surface area contributed by atoms with Gasteiger partial charge in [0.05, 0.1) is 26.7 Å². The fourth-order valence-electron chi connectivity index (χ4n) is 3.32. The fourth-order valence-corrected chi connectivity index (χ4v) is 4.70. The lowest BCUT2D eigenvalue weighted by molar-refractivity contribution is -0.146. The van der Waals surface area contributed by atoms with Gasteiger partial charge in [0, 0.05) is 18.2 Å². The van der Waals surface area contributed by atoms with Crippen molar-refractivity contribution in [1.82, 2.24) is 4.90 Å². The van der Waals surface area contributed by atoms with Gasteiger partial charge in [-0.2, -0.15) is 0 Å². The number of methoxy groups -OCH3 is 1. The second-order valence-electron chi connectivity index (χ2n) is 6.86. The van der Waals surface area contributed by atoms with Crippen LogP contribution in [0.1, 0.15) is 18.4 Å². The third-order valence-electron chi connectivity index (χ3n) is 4.90. The van der Waals surface area contributed by atoms with Gasteiger partial charge in [0.15, 0.2) is 5.83 Å². The minimum Gasteiger partial charge on any atom is -0.497 e. The van der Waals surface area contributed by atoms with Gasteiger partial charge < -0.3 is 9.47 Å².